The molecule has 0 unspecified atom stereocenters. The van der Waals surface area contributed by atoms with Crippen molar-refractivity contribution in [3.05, 3.63) is 32.2 Å². The lowest BCUT2D eigenvalue weighted by molar-refractivity contribution is -0.391. The van der Waals surface area contributed by atoms with Gasteiger partial charge in [0.2, 0.25) is 5.82 Å². The lowest BCUT2D eigenvalue weighted by atomic mass is 10.3. The zero-order valence-corrected chi connectivity index (χ0v) is 11.6. The minimum absolute atomic E-state index is 0.0365. The van der Waals surface area contributed by atoms with E-state index in [2.05, 4.69) is 15.2 Å². The largest absolute Gasteiger partial charge is 0.358 e. The Kier molecular flexibility index (Phi) is 3.70. The maximum atomic E-state index is 10.7. The van der Waals surface area contributed by atoms with Crippen molar-refractivity contribution in [2.45, 2.75) is 20.3 Å². The van der Waals surface area contributed by atoms with Gasteiger partial charge in [-0.25, -0.2) is 9.55 Å². The van der Waals surface area contributed by atoms with Crippen molar-refractivity contribution in [1.82, 2.24) is 19.7 Å². The molecule has 2 aromatic heterocycles. The van der Waals surface area contributed by atoms with Crippen LogP contribution in [0.25, 0.3) is 11.6 Å². The summed E-state index contributed by atoms with van der Waals surface area (Å²) >= 11 is 1.52. The van der Waals surface area contributed by atoms with E-state index in [9.17, 15) is 10.1 Å². The highest BCUT2D eigenvalue weighted by Crippen LogP contribution is 2.22. The van der Waals surface area contributed by atoms with Crippen molar-refractivity contribution >= 4 is 28.8 Å². The SMILES string of the molecule is CCc1nnc(/C(C)=C/c2ncc([N+](=O)[O-])n2C)s1. The maximum absolute atomic E-state index is 10.7. The van der Waals surface area contributed by atoms with Crippen LogP contribution in [0.4, 0.5) is 5.82 Å². The fourth-order valence-electron chi connectivity index (χ4n) is 1.53. The summed E-state index contributed by atoms with van der Waals surface area (Å²) in [7, 11) is 1.61. The third-order valence-electron chi connectivity index (χ3n) is 2.64. The summed E-state index contributed by atoms with van der Waals surface area (Å²) in [6.45, 7) is 3.91. The van der Waals surface area contributed by atoms with Crippen LogP contribution in [0.1, 0.15) is 29.7 Å². The first-order valence-corrected chi connectivity index (χ1v) is 6.51. The molecular weight excluding hydrogens is 266 g/mol. The van der Waals surface area contributed by atoms with Crippen LogP contribution in [0.5, 0.6) is 0 Å². The third kappa shape index (κ3) is 2.68. The Labute approximate surface area is 113 Å². The number of nitro groups is 1. The van der Waals surface area contributed by atoms with Gasteiger partial charge in [0.1, 0.15) is 16.2 Å². The zero-order chi connectivity index (χ0) is 14.0. The second-order valence-corrected chi connectivity index (χ2v) is 5.03. The Morgan fingerprint density at radius 1 is 1.58 bits per heavy atom. The molecule has 0 fully saturated rings. The topological polar surface area (TPSA) is 86.7 Å². The van der Waals surface area contributed by atoms with E-state index in [1.54, 1.807) is 13.1 Å². The summed E-state index contributed by atoms with van der Waals surface area (Å²) in [5.74, 6) is 0.489. The first kappa shape index (κ1) is 13.3. The van der Waals surface area contributed by atoms with Crippen LogP contribution in [0, 0.1) is 10.1 Å². The molecule has 0 bridgehead atoms. The molecule has 0 aliphatic rings. The van der Waals surface area contributed by atoms with Gasteiger partial charge in [-0.1, -0.05) is 18.3 Å². The van der Waals surface area contributed by atoms with E-state index in [0.29, 0.717) is 5.82 Å². The summed E-state index contributed by atoms with van der Waals surface area (Å²) in [6, 6.07) is 0. The van der Waals surface area contributed by atoms with E-state index in [4.69, 9.17) is 0 Å². The molecule has 19 heavy (non-hydrogen) atoms. The third-order valence-corrected chi connectivity index (χ3v) is 3.84. The molecule has 0 aromatic carbocycles. The van der Waals surface area contributed by atoms with E-state index >= 15 is 0 Å². The molecular formula is C11H13N5O2S. The van der Waals surface area contributed by atoms with Gasteiger partial charge in [-0.05, 0) is 23.8 Å². The van der Waals surface area contributed by atoms with Gasteiger partial charge in [-0.15, -0.1) is 10.2 Å². The number of hydrogen-bond donors (Lipinski definition) is 0. The quantitative estimate of drug-likeness (QED) is 0.633. The molecule has 0 N–H and O–H groups in total. The molecule has 8 heteroatoms. The molecule has 0 saturated heterocycles. The normalized spacial score (nSPS) is 11.8. The van der Waals surface area contributed by atoms with Gasteiger partial charge in [-0.3, -0.25) is 0 Å². The lowest BCUT2D eigenvalue weighted by Gasteiger charge is -1.96. The first-order valence-electron chi connectivity index (χ1n) is 5.70. The predicted molar refractivity (Wildman–Crippen MR) is 72.7 cm³/mol. The molecule has 0 aliphatic heterocycles. The number of aromatic nitrogens is 4. The number of hydrogen-bond acceptors (Lipinski definition) is 6. The van der Waals surface area contributed by atoms with Gasteiger partial charge < -0.3 is 10.1 Å². The molecule has 2 aromatic rings. The Morgan fingerprint density at radius 2 is 2.32 bits per heavy atom. The van der Waals surface area contributed by atoms with Gasteiger partial charge in [0.05, 0.1) is 7.05 Å². The van der Waals surface area contributed by atoms with Crippen molar-refractivity contribution in [3.63, 3.8) is 0 Å². The summed E-state index contributed by atoms with van der Waals surface area (Å²) in [4.78, 5) is 14.3. The summed E-state index contributed by atoms with van der Waals surface area (Å²) in [5.41, 5.74) is 0.890. The van der Waals surface area contributed by atoms with Crippen molar-refractivity contribution in [1.29, 1.82) is 0 Å². The molecule has 0 atom stereocenters. The molecule has 0 radical (unpaired) electrons. The zero-order valence-electron chi connectivity index (χ0n) is 10.8. The average molecular weight is 279 g/mol. The molecule has 2 heterocycles. The standard InChI is InChI=1S/C11H13N5O2S/c1-4-9-13-14-11(19-9)7(2)5-8-12-6-10(15(8)3)16(17)18/h5-6H,4H2,1-3H3/b7-5+. The van der Waals surface area contributed by atoms with Crippen molar-refractivity contribution in [3.8, 4) is 0 Å². The highest BCUT2D eigenvalue weighted by molar-refractivity contribution is 7.12. The monoisotopic (exact) mass is 279 g/mol. The molecule has 0 spiro atoms. The first-order chi connectivity index (χ1) is 9.02. The van der Waals surface area contributed by atoms with Crippen LogP contribution >= 0.6 is 11.3 Å². The van der Waals surface area contributed by atoms with Gasteiger partial charge in [0, 0.05) is 6.08 Å². The molecule has 100 valence electrons. The minimum Gasteiger partial charge on any atom is -0.358 e. The van der Waals surface area contributed by atoms with Gasteiger partial charge in [0.25, 0.3) is 0 Å². The highest BCUT2D eigenvalue weighted by Gasteiger charge is 2.15. The molecule has 7 nitrogen and oxygen atoms in total. The van der Waals surface area contributed by atoms with Crippen LogP contribution in [0.15, 0.2) is 6.20 Å². The Balaban J connectivity index is 2.32. The van der Waals surface area contributed by atoms with Gasteiger partial charge in [-0.2, -0.15) is 0 Å². The van der Waals surface area contributed by atoms with E-state index in [1.807, 2.05) is 13.8 Å². The van der Waals surface area contributed by atoms with Crippen molar-refractivity contribution < 1.29 is 4.92 Å². The van der Waals surface area contributed by atoms with E-state index in [-0.39, 0.29) is 5.82 Å². The number of rotatable bonds is 4. The fraction of sp³-hybridized carbons (Fsp3) is 0.364. The van der Waals surface area contributed by atoms with Crippen LogP contribution in [0.2, 0.25) is 0 Å². The Morgan fingerprint density at radius 3 is 2.84 bits per heavy atom. The van der Waals surface area contributed by atoms with Crippen molar-refractivity contribution in [2.24, 2.45) is 7.05 Å². The van der Waals surface area contributed by atoms with Crippen LogP contribution in [-0.2, 0) is 13.5 Å². The molecule has 0 aliphatic carbocycles. The van der Waals surface area contributed by atoms with Gasteiger partial charge in [0.15, 0.2) is 0 Å². The van der Waals surface area contributed by atoms with Crippen LogP contribution in [-0.4, -0.2) is 24.7 Å². The Hall–Kier alpha value is -2.09. The number of imidazole rings is 1. The van der Waals surface area contributed by atoms with E-state index in [1.165, 1.54) is 22.1 Å². The van der Waals surface area contributed by atoms with Gasteiger partial charge >= 0.3 is 5.82 Å². The number of allylic oxidation sites excluding steroid dienone is 1. The molecule has 0 saturated carbocycles. The van der Waals surface area contributed by atoms with E-state index in [0.717, 1.165) is 22.0 Å². The van der Waals surface area contributed by atoms with Crippen LogP contribution in [0.3, 0.4) is 0 Å². The molecule has 0 amide bonds. The second kappa shape index (κ2) is 5.27. The van der Waals surface area contributed by atoms with Crippen LogP contribution < -0.4 is 0 Å². The Bertz CT molecular complexity index is 643. The predicted octanol–water partition coefficient (Wildman–Crippen LogP) is 2.30. The smallest absolute Gasteiger partial charge is 0.342 e. The second-order valence-electron chi connectivity index (χ2n) is 3.97. The fourth-order valence-corrected chi connectivity index (χ4v) is 2.28. The maximum Gasteiger partial charge on any atom is 0.342 e. The molecule has 2 rings (SSSR count). The summed E-state index contributed by atoms with van der Waals surface area (Å²) in [6.07, 6.45) is 3.86. The number of nitrogens with zero attached hydrogens (tertiary/aromatic N) is 5. The highest BCUT2D eigenvalue weighted by atomic mass is 32.1. The lowest BCUT2D eigenvalue weighted by Crippen LogP contribution is -1.98. The minimum atomic E-state index is -0.459. The number of aryl methyl sites for hydroxylation is 1. The van der Waals surface area contributed by atoms with Crippen molar-refractivity contribution in [2.75, 3.05) is 0 Å². The summed E-state index contributed by atoms with van der Waals surface area (Å²) < 4.78 is 1.44. The summed E-state index contributed by atoms with van der Waals surface area (Å²) in [5, 5.41) is 20.6. The average Bonchev–Trinajstić information content (AvgIpc) is 2.97. The van der Waals surface area contributed by atoms with E-state index < -0.39 is 4.92 Å².